The fourth-order valence-corrected chi connectivity index (χ4v) is 2.52. The van der Waals surface area contributed by atoms with E-state index >= 15 is 0 Å². The number of nitrogens with two attached hydrogens (primary N) is 1. The number of primary amides is 1. The molecule has 1 heterocycles. The number of piperidine rings is 1. The smallest absolute Gasteiger partial charge is 0.261 e. The summed E-state index contributed by atoms with van der Waals surface area (Å²) < 4.78 is 13.8. The Morgan fingerprint density at radius 1 is 1.38 bits per heavy atom. The summed E-state index contributed by atoms with van der Waals surface area (Å²) in [5, 5.41) is 12.9. The topological polar surface area (TPSA) is 95.7 Å². The lowest BCUT2D eigenvalue weighted by atomic mass is 10.0. The van der Waals surface area contributed by atoms with Crippen molar-refractivity contribution in [1.82, 2.24) is 10.2 Å². The Labute approximate surface area is 121 Å². The maximum Gasteiger partial charge on any atom is 0.261 e. The van der Waals surface area contributed by atoms with Crippen LogP contribution in [0.3, 0.4) is 0 Å². The van der Waals surface area contributed by atoms with E-state index in [0.29, 0.717) is 25.9 Å². The molecule has 0 aromatic heterocycles. The molecule has 7 heteroatoms. The molecule has 21 heavy (non-hydrogen) atoms. The van der Waals surface area contributed by atoms with Gasteiger partial charge in [0.15, 0.2) is 0 Å². The lowest BCUT2D eigenvalue weighted by molar-refractivity contribution is -0.119. The number of rotatable bonds is 4. The Balaban J connectivity index is 2.31. The normalized spacial score (nSPS) is 15.7. The Hall–Kier alpha value is -2.15. The minimum absolute atomic E-state index is 0.203. The second-order valence-electron chi connectivity index (χ2n) is 5.01. The van der Waals surface area contributed by atoms with E-state index in [1.54, 1.807) is 0 Å². The van der Waals surface area contributed by atoms with Gasteiger partial charge in [-0.2, -0.15) is 0 Å². The number of carbonyl (C=O) groups excluding carboxylic acids is 2. The van der Waals surface area contributed by atoms with Crippen LogP contribution in [0.5, 0.6) is 5.75 Å². The highest BCUT2D eigenvalue weighted by Gasteiger charge is 2.30. The number of phenols is 1. The third-order valence-corrected chi connectivity index (χ3v) is 3.54. The zero-order valence-electron chi connectivity index (χ0n) is 11.5. The summed E-state index contributed by atoms with van der Waals surface area (Å²) in [6.07, 6.45) is 1.29. The van der Waals surface area contributed by atoms with E-state index in [-0.39, 0.29) is 12.6 Å². The number of carbonyl (C=O) groups is 2. The first kappa shape index (κ1) is 15.2. The van der Waals surface area contributed by atoms with Gasteiger partial charge in [-0.05, 0) is 38.1 Å². The zero-order valence-corrected chi connectivity index (χ0v) is 11.5. The van der Waals surface area contributed by atoms with Gasteiger partial charge in [0.05, 0.1) is 6.54 Å². The number of hydrogen-bond acceptors (Lipinski definition) is 4. The van der Waals surface area contributed by atoms with Crippen LogP contribution < -0.4 is 11.1 Å². The highest BCUT2D eigenvalue weighted by Crippen LogP contribution is 2.24. The minimum atomic E-state index is -0.816. The predicted octanol–water partition coefficient (Wildman–Crippen LogP) is 0.211. The molecule has 4 N–H and O–H groups in total. The van der Waals surface area contributed by atoms with Crippen LogP contribution in [0.4, 0.5) is 4.39 Å². The van der Waals surface area contributed by atoms with Gasteiger partial charge in [0.25, 0.3) is 5.91 Å². The van der Waals surface area contributed by atoms with Gasteiger partial charge in [-0.25, -0.2) is 4.39 Å². The van der Waals surface area contributed by atoms with E-state index in [1.807, 2.05) is 0 Å². The van der Waals surface area contributed by atoms with E-state index in [9.17, 15) is 19.1 Å². The fraction of sp³-hybridized carbons (Fsp3) is 0.429. The summed E-state index contributed by atoms with van der Waals surface area (Å²) in [6, 6.07) is 3.44. The van der Waals surface area contributed by atoms with Crippen LogP contribution >= 0.6 is 0 Å². The number of aromatic hydroxyl groups is 1. The molecule has 0 bridgehead atoms. The molecule has 0 spiro atoms. The van der Waals surface area contributed by atoms with Gasteiger partial charge < -0.3 is 21.1 Å². The van der Waals surface area contributed by atoms with Gasteiger partial charge in [-0.15, -0.1) is 0 Å². The van der Waals surface area contributed by atoms with Gasteiger partial charge in [0.2, 0.25) is 5.91 Å². The molecular formula is C14H18FN3O3. The molecule has 0 atom stereocenters. The van der Waals surface area contributed by atoms with Gasteiger partial charge >= 0.3 is 0 Å². The average Bonchev–Trinajstić information content (AvgIpc) is 2.45. The van der Waals surface area contributed by atoms with Crippen LogP contribution in [0.2, 0.25) is 0 Å². The number of hydrogen-bond donors (Lipinski definition) is 3. The number of halogens is 1. The van der Waals surface area contributed by atoms with E-state index in [0.717, 1.165) is 6.07 Å². The standard InChI is InChI=1S/C14H18FN3O3/c15-10-2-1-3-11(19)13(10)14(21)18(8-12(16)20)9-4-6-17-7-5-9/h1-3,9,17,19H,4-8H2,(H2,16,20). The summed E-state index contributed by atoms with van der Waals surface area (Å²) in [7, 11) is 0. The number of benzene rings is 1. The quantitative estimate of drug-likeness (QED) is 0.740. The van der Waals surface area contributed by atoms with Crippen molar-refractivity contribution < 1.29 is 19.1 Å². The van der Waals surface area contributed by atoms with E-state index in [4.69, 9.17) is 5.73 Å². The van der Waals surface area contributed by atoms with Crippen molar-refractivity contribution in [3.05, 3.63) is 29.6 Å². The average molecular weight is 295 g/mol. The minimum Gasteiger partial charge on any atom is -0.507 e. The lowest BCUT2D eigenvalue weighted by Gasteiger charge is -2.34. The molecule has 1 aromatic rings. The Bertz CT molecular complexity index is 524. The summed E-state index contributed by atoms with van der Waals surface area (Å²) in [5.41, 5.74) is 4.77. The summed E-state index contributed by atoms with van der Waals surface area (Å²) in [6.45, 7) is 1.12. The molecule has 2 rings (SSSR count). The lowest BCUT2D eigenvalue weighted by Crippen LogP contribution is -2.49. The van der Waals surface area contributed by atoms with Crippen molar-refractivity contribution in [1.29, 1.82) is 0 Å². The highest BCUT2D eigenvalue weighted by molar-refractivity contribution is 5.99. The van der Waals surface area contributed by atoms with Gasteiger partial charge in [-0.1, -0.05) is 6.07 Å². The Morgan fingerprint density at radius 3 is 2.62 bits per heavy atom. The molecule has 1 aliphatic rings. The predicted molar refractivity (Wildman–Crippen MR) is 74.2 cm³/mol. The summed E-state index contributed by atoms with van der Waals surface area (Å²) in [5.74, 6) is -2.64. The SMILES string of the molecule is NC(=O)CN(C(=O)c1c(O)cccc1F)C1CCNCC1. The molecule has 0 unspecified atom stereocenters. The molecule has 1 fully saturated rings. The maximum absolute atomic E-state index is 13.8. The third-order valence-electron chi connectivity index (χ3n) is 3.54. The monoisotopic (exact) mass is 295 g/mol. The first-order valence-corrected chi connectivity index (χ1v) is 6.78. The van der Waals surface area contributed by atoms with Crippen LogP contribution in [0.25, 0.3) is 0 Å². The van der Waals surface area contributed by atoms with Crippen molar-refractivity contribution in [2.45, 2.75) is 18.9 Å². The largest absolute Gasteiger partial charge is 0.507 e. The molecule has 0 aliphatic carbocycles. The highest BCUT2D eigenvalue weighted by atomic mass is 19.1. The van der Waals surface area contributed by atoms with Crippen LogP contribution in [0.1, 0.15) is 23.2 Å². The molecule has 6 nitrogen and oxygen atoms in total. The molecule has 0 radical (unpaired) electrons. The number of amides is 2. The Kier molecular flexibility index (Phi) is 4.74. The number of nitrogens with zero attached hydrogens (tertiary/aromatic N) is 1. The number of phenolic OH excluding ortho intramolecular Hbond substituents is 1. The van der Waals surface area contributed by atoms with Gasteiger partial charge in [0.1, 0.15) is 17.1 Å². The van der Waals surface area contributed by atoms with E-state index in [1.165, 1.54) is 17.0 Å². The van der Waals surface area contributed by atoms with Crippen molar-refractivity contribution >= 4 is 11.8 Å². The van der Waals surface area contributed by atoms with Crippen molar-refractivity contribution in [2.24, 2.45) is 5.73 Å². The molecule has 1 aromatic carbocycles. The first-order chi connectivity index (χ1) is 10.0. The summed E-state index contributed by atoms with van der Waals surface area (Å²) >= 11 is 0. The zero-order chi connectivity index (χ0) is 15.4. The van der Waals surface area contributed by atoms with Crippen LogP contribution in [0.15, 0.2) is 18.2 Å². The first-order valence-electron chi connectivity index (χ1n) is 6.78. The molecule has 114 valence electrons. The molecule has 2 amide bonds. The van der Waals surface area contributed by atoms with E-state index in [2.05, 4.69) is 5.32 Å². The number of nitrogens with one attached hydrogen (secondary N) is 1. The molecule has 1 saturated heterocycles. The maximum atomic E-state index is 13.8. The van der Waals surface area contributed by atoms with E-state index < -0.39 is 28.9 Å². The molecule has 0 saturated carbocycles. The summed E-state index contributed by atoms with van der Waals surface area (Å²) in [4.78, 5) is 25.0. The fourth-order valence-electron chi connectivity index (χ4n) is 2.52. The van der Waals surface area contributed by atoms with Crippen molar-refractivity contribution in [3.63, 3.8) is 0 Å². The third kappa shape index (κ3) is 3.49. The van der Waals surface area contributed by atoms with Crippen molar-refractivity contribution in [2.75, 3.05) is 19.6 Å². The molecular weight excluding hydrogens is 277 g/mol. The van der Waals surface area contributed by atoms with Crippen molar-refractivity contribution in [3.8, 4) is 5.75 Å². The Morgan fingerprint density at radius 2 is 2.05 bits per heavy atom. The van der Waals surface area contributed by atoms with Gasteiger partial charge in [-0.3, -0.25) is 9.59 Å². The van der Waals surface area contributed by atoms with Crippen LogP contribution in [-0.2, 0) is 4.79 Å². The second kappa shape index (κ2) is 6.53. The van der Waals surface area contributed by atoms with Crippen LogP contribution in [-0.4, -0.2) is 47.5 Å². The van der Waals surface area contributed by atoms with Gasteiger partial charge in [0, 0.05) is 6.04 Å². The molecule has 1 aliphatic heterocycles. The second-order valence-corrected chi connectivity index (χ2v) is 5.01. The van der Waals surface area contributed by atoms with Crippen LogP contribution in [0, 0.1) is 5.82 Å².